The highest BCUT2D eigenvalue weighted by Crippen LogP contribution is 2.20. The molecule has 1 atom stereocenters. The number of nitrogens with one attached hydrogen (secondary N) is 1. The maximum absolute atomic E-state index is 12.2. The second-order valence-electron chi connectivity index (χ2n) is 5.85. The third kappa shape index (κ3) is 5.48. The lowest BCUT2D eigenvalue weighted by atomic mass is 10.1. The zero-order valence-corrected chi connectivity index (χ0v) is 15.9. The van der Waals surface area contributed by atoms with E-state index in [1.165, 1.54) is 12.3 Å². The SMILES string of the molecule is O=C(C#CCNC(=O)c1cnc2c(S(=O)O)cccc2c1)OCc1ccccc1. The van der Waals surface area contributed by atoms with Crippen LogP contribution in [0.1, 0.15) is 15.9 Å². The predicted molar refractivity (Wildman–Crippen MR) is 107 cm³/mol. The third-order valence-corrected chi connectivity index (χ3v) is 4.57. The lowest BCUT2D eigenvalue weighted by Crippen LogP contribution is -2.23. The van der Waals surface area contributed by atoms with Crippen molar-refractivity contribution >= 4 is 33.9 Å². The summed E-state index contributed by atoms with van der Waals surface area (Å²) in [5.74, 6) is 3.73. The average molecular weight is 408 g/mol. The smallest absolute Gasteiger partial charge is 0.384 e. The van der Waals surface area contributed by atoms with Crippen molar-refractivity contribution in [2.24, 2.45) is 0 Å². The van der Waals surface area contributed by atoms with E-state index in [2.05, 4.69) is 22.1 Å². The minimum Gasteiger partial charge on any atom is -0.451 e. The van der Waals surface area contributed by atoms with E-state index in [0.29, 0.717) is 10.9 Å². The van der Waals surface area contributed by atoms with E-state index in [-0.39, 0.29) is 23.6 Å². The fourth-order valence-electron chi connectivity index (χ4n) is 2.50. The van der Waals surface area contributed by atoms with E-state index >= 15 is 0 Å². The molecule has 0 aliphatic carbocycles. The summed E-state index contributed by atoms with van der Waals surface area (Å²) in [7, 11) is 0. The number of para-hydroxylation sites is 1. The quantitative estimate of drug-likeness (QED) is 0.290. The Morgan fingerprint density at radius 2 is 1.93 bits per heavy atom. The van der Waals surface area contributed by atoms with Crippen LogP contribution in [0.15, 0.2) is 65.7 Å². The molecule has 0 bridgehead atoms. The van der Waals surface area contributed by atoms with Crippen LogP contribution in [0, 0.1) is 11.8 Å². The minimum atomic E-state index is -2.17. The average Bonchev–Trinajstić information content (AvgIpc) is 2.75. The van der Waals surface area contributed by atoms with E-state index in [0.717, 1.165) is 5.56 Å². The second-order valence-corrected chi connectivity index (χ2v) is 6.79. The van der Waals surface area contributed by atoms with Crippen molar-refractivity contribution in [2.75, 3.05) is 6.54 Å². The first-order chi connectivity index (χ1) is 14.0. The number of carbonyl (C=O) groups is 2. The lowest BCUT2D eigenvalue weighted by Gasteiger charge is -2.05. The number of benzene rings is 2. The van der Waals surface area contributed by atoms with Gasteiger partial charge in [0.25, 0.3) is 5.91 Å². The first kappa shape index (κ1) is 20.2. The summed E-state index contributed by atoms with van der Waals surface area (Å²) < 4.78 is 25.6. The van der Waals surface area contributed by atoms with Crippen LogP contribution < -0.4 is 5.32 Å². The summed E-state index contributed by atoms with van der Waals surface area (Å²) in [6.07, 6.45) is 1.32. The van der Waals surface area contributed by atoms with E-state index in [1.54, 1.807) is 18.2 Å². The molecule has 0 saturated carbocycles. The maximum atomic E-state index is 12.2. The van der Waals surface area contributed by atoms with E-state index < -0.39 is 23.0 Å². The van der Waals surface area contributed by atoms with E-state index in [9.17, 15) is 18.4 Å². The Kier molecular flexibility index (Phi) is 6.68. The summed E-state index contributed by atoms with van der Waals surface area (Å²) in [6.45, 7) is 0.0854. The van der Waals surface area contributed by atoms with Gasteiger partial charge in [-0.05, 0) is 17.7 Å². The van der Waals surface area contributed by atoms with Crippen molar-refractivity contribution in [3.05, 3.63) is 71.9 Å². The van der Waals surface area contributed by atoms with Crippen molar-refractivity contribution in [1.29, 1.82) is 0 Å². The summed E-state index contributed by atoms with van der Waals surface area (Å²) in [5.41, 5.74) is 1.48. The van der Waals surface area contributed by atoms with Gasteiger partial charge in [0.15, 0.2) is 11.1 Å². The Morgan fingerprint density at radius 1 is 1.14 bits per heavy atom. The first-order valence-corrected chi connectivity index (χ1v) is 9.62. The van der Waals surface area contributed by atoms with Gasteiger partial charge in [0.2, 0.25) is 0 Å². The molecule has 7 nitrogen and oxygen atoms in total. The molecule has 1 amide bonds. The predicted octanol–water partition coefficient (Wildman–Crippen LogP) is 2.29. The van der Waals surface area contributed by atoms with Crippen molar-refractivity contribution in [1.82, 2.24) is 10.3 Å². The molecule has 0 spiro atoms. The molecule has 0 aliphatic rings. The van der Waals surface area contributed by atoms with Crippen molar-refractivity contribution in [3.63, 3.8) is 0 Å². The summed E-state index contributed by atoms with van der Waals surface area (Å²) in [6, 6.07) is 15.6. The number of hydrogen-bond donors (Lipinski definition) is 2. The van der Waals surface area contributed by atoms with Gasteiger partial charge in [0, 0.05) is 17.5 Å². The number of esters is 1. The van der Waals surface area contributed by atoms with Crippen LogP contribution in [0.3, 0.4) is 0 Å². The molecule has 0 radical (unpaired) electrons. The van der Waals surface area contributed by atoms with Gasteiger partial charge in [-0.3, -0.25) is 9.78 Å². The molecule has 8 heteroatoms. The molecular weight excluding hydrogens is 392 g/mol. The van der Waals surface area contributed by atoms with Crippen molar-refractivity contribution < 1.29 is 23.1 Å². The second kappa shape index (κ2) is 9.59. The van der Waals surface area contributed by atoms with Crippen LogP contribution in [0.4, 0.5) is 0 Å². The van der Waals surface area contributed by atoms with Crippen molar-refractivity contribution in [3.8, 4) is 11.8 Å². The highest BCUT2D eigenvalue weighted by Gasteiger charge is 2.11. The molecule has 3 aromatic rings. The highest BCUT2D eigenvalue weighted by atomic mass is 32.2. The maximum Gasteiger partial charge on any atom is 0.384 e. The summed E-state index contributed by atoms with van der Waals surface area (Å²) >= 11 is -2.17. The zero-order chi connectivity index (χ0) is 20.6. The minimum absolute atomic E-state index is 0.0436. The Bertz CT molecular complexity index is 1140. The summed E-state index contributed by atoms with van der Waals surface area (Å²) in [4.78, 5) is 28.1. The van der Waals surface area contributed by atoms with Gasteiger partial charge in [-0.2, -0.15) is 0 Å². The van der Waals surface area contributed by atoms with Crippen LogP contribution in [0.5, 0.6) is 0 Å². The Balaban J connectivity index is 1.55. The van der Waals surface area contributed by atoms with Crippen LogP contribution in [-0.4, -0.2) is 32.2 Å². The third-order valence-electron chi connectivity index (χ3n) is 3.86. The molecule has 146 valence electrons. The monoisotopic (exact) mass is 408 g/mol. The number of pyridine rings is 1. The molecule has 1 aromatic heterocycles. The fourth-order valence-corrected chi connectivity index (χ4v) is 3.03. The lowest BCUT2D eigenvalue weighted by molar-refractivity contribution is -0.137. The number of rotatable bonds is 5. The number of amides is 1. The van der Waals surface area contributed by atoms with Gasteiger partial charge >= 0.3 is 5.97 Å². The molecule has 0 fully saturated rings. The summed E-state index contributed by atoms with van der Waals surface area (Å²) in [5, 5.41) is 3.12. The number of aromatic nitrogens is 1. The highest BCUT2D eigenvalue weighted by molar-refractivity contribution is 7.79. The molecule has 0 aliphatic heterocycles. The Labute approximate surface area is 169 Å². The van der Waals surface area contributed by atoms with Gasteiger partial charge in [0.1, 0.15) is 6.61 Å². The van der Waals surface area contributed by atoms with Crippen LogP contribution in [0.2, 0.25) is 0 Å². The van der Waals surface area contributed by atoms with Gasteiger partial charge in [-0.15, -0.1) is 0 Å². The molecule has 1 heterocycles. The van der Waals surface area contributed by atoms with Gasteiger partial charge < -0.3 is 14.6 Å². The topological polar surface area (TPSA) is 106 Å². The van der Waals surface area contributed by atoms with Gasteiger partial charge in [-0.1, -0.05) is 48.4 Å². The van der Waals surface area contributed by atoms with Crippen LogP contribution in [-0.2, 0) is 27.2 Å². The van der Waals surface area contributed by atoms with Gasteiger partial charge in [0.05, 0.1) is 22.5 Å². The normalized spacial score (nSPS) is 11.2. The fraction of sp³-hybridized carbons (Fsp3) is 0.0952. The number of ether oxygens (including phenoxy) is 1. The molecule has 1 unspecified atom stereocenters. The van der Waals surface area contributed by atoms with Crippen LogP contribution in [0.25, 0.3) is 10.9 Å². The number of nitrogens with zero attached hydrogens (tertiary/aromatic N) is 1. The molecule has 0 saturated heterocycles. The van der Waals surface area contributed by atoms with E-state index in [4.69, 9.17) is 4.74 Å². The Hall–Kier alpha value is -3.54. The zero-order valence-electron chi connectivity index (χ0n) is 15.1. The van der Waals surface area contributed by atoms with Crippen LogP contribution >= 0.6 is 0 Å². The molecule has 2 aromatic carbocycles. The number of carbonyl (C=O) groups excluding carboxylic acids is 2. The molecular formula is C21H16N2O5S. The largest absolute Gasteiger partial charge is 0.451 e. The molecule has 3 rings (SSSR count). The van der Waals surface area contributed by atoms with E-state index in [1.807, 2.05) is 30.3 Å². The Morgan fingerprint density at radius 3 is 2.69 bits per heavy atom. The number of fused-ring (bicyclic) bond motifs is 1. The number of hydrogen-bond acceptors (Lipinski definition) is 5. The molecule has 2 N–H and O–H groups in total. The molecule has 29 heavy (non-hydrogen) atoms. The first-order valence-electron chi connectivity index (χ1n) is 8.52. The van der Waals surface area contributed by atoms with Gasteiger partial charge in [-0.25, -0.2) is 9.00 Å². The van der Waals surface area contributed by atoms with Crippen molar-refractivity contribution in [2.45, 2.75) is 11.5 Å². The standard InChI is InChI=1S/C21H16N2O5S/c24-19(28-14-15-6-2-1-3-7-15)10-5-11-22-21(25)17-12-16-8-4-9-18(29(26)27)20(16)23-13-17/h1-4,6-9,12-13H,11,14H2,(H,22,25)(H,26,27).